The first kappa shape index (κ1) is 23.3. The molecule has 1 heterocycles. The molecule has 0 unspecified atom stereocenters. The van der Waals surface area contributed by atoms with Gasteiger partial charge in [0.05, 0.1) is 6.26 Å². The van der Waals surface area contributed by atoms with E-state index >= 15 is 0 Å². The van der Waals surface area contributed by atoms with Crippen LogP contribution in [0.3, 0.4) is 0 Å². The number of ether oxygens (including phenoxy) is 1. The number of hydrogen-bond acceptors (Lipinski definition) is 3. The minimum Gasteiger partial charge on any atom is -0.406 e. The molecule has 0 fully saturated rings. The number of nitrogens with zero attached hydrogens (tertiary/aromatic N) is 1. The largest absolute Gasteiger partial charge is 0.573 e. The molecule has 3 aromatic rings. The molecule has 1 aliphatic rings. The van der Waals surface area contributed by atoms with Crippen LogP contribution in [0.25, 0.3) is 11.1 Å². The number of alkyl halides is 3. The van der Waals surface area contributed by atoms with Crippen LogP contribution in [0.5, 0.6) is 5.75 Å². The highest BCUT2D eigenvalue weighted by molar-refractivity contribution is 7.88. The van der Waals surface area contributed by atoms with Crippen LogP contribution in [0.1, 0.15) is 27.8 Å². The van der Waals surface area contributed by atoms with E-state index in [9.17, 15) is 21.6 Å². The van der Waals surface area contributed by atoms with Gasteiger partial charge in [-0.1, -0.05) is 48.5 Å². The molecule has 4 nitrogen and oxygen atoms in total. The van der Waals surface area contributed by atoms with Crippen LogP contribution < -0.4 is 4.74 Å². The SMILES string of the molecule is Cc1ccc(Cc2cccc3c2CCN(S(C)(=O)=O)C3)cc1-c1ccc(OC(F)(F)F)cc1. The van der Waals surface area contributed by atoms with Crippen molar-refractivity contribution in [2.75, 3.05) is 12.8 Å². The molecular weight excluding hydrogens is 451 g/mol. The lowest BCUT2D eigenvalue weighted by Gasteiger charge is -2.28. The van der Waals surface area contributed by atoms with Gasteiger partial charge < -0.3 is 4.74 Å². The van der Waals surface area contributed by atoms with E-state index in [0.29, 0.717) is 25.9 Å². The van der Waals surface area contributed by atoms with Crippen LogP contribution >= 0.6 is 0 Å². The summed E-state index contributed by atoms with van der Waals surface area (Å²) < 4.78 is 66.6. The standard InChI is InChI=1S/C25H24F3NO3S/c1-17-6-7-18(15-24(17)19-8-10-22(11-9-19)32-25(26,27)28)14-20-4-3-5-21-16-29(33(2,30)31)13-12-23(20)21/h3-11,15H,12-14,16H2,1-2H3. The summed E-state index contributed by atoms with van der Waals surface area (Å²) in [6.07, 6.45) is -2.13. The van der Waals surface area contributed by atoms with Crippen molar-refractivity contribution >= 4 is 10.0 Å². The van der Waals surface area contributed by atoms with Gasteiger partial charge in [-0.2, -0.15) is 4.31 Å². The Hall–Kier alpha value is -2.84. The van der Waals surface area contributed by atoms with E-state index in [1.54, 1.807) is 12.1 Å². The van der Waals surface area contributed by atoms with Crippen molar-refractivity contribution in [3.8, 4) is 16.9 Å². The Balaban J connectivity index is 1.59. The van der Waals surface area contributed by atoms with Crippen molar-refractivity contribution in [2.45, 2.75) is 32.7 Å². The number of hydrogen-bond donors (Lipinski definition) is 0. The Bertz CT molecular complexity index is 1270. The molecule has 0 aliphatic carbocycles. The summed E-state index contributed by atoms with van der Waals surface area (Å²) in [6, 6.07) is 18.0. The van der Waals surface area contributed by atoms with E-state index in [1.807, 2.05) is 31.2 Å². The average molecular weight is 476 g/mol. The van der Waals surface area contributed by atoms with Crippen molar-refractivity contribution in [1.29, 1.82) is 0 Å². The topological polar surface area (TPSA) is 46.6 Å². The Morgan fingerprint density at radius 2 is 1.76 bits per heavy atom. The highest BCUT2D eigenvalue weighted by Crippen LogP contribution is 2.31. The van der Waals surface area contributed by atoms with Crippen LogP contribution in [0.2, 0.25) is 0 Å². The third kappa shape index (κ3) is 5.57. The second-order valence-corrected chi connectivity index (χ2v) is 10.3. The molecule has 0 bridgehead atoms. The fraction of sp³-hybridized carbons (Fsp3) is 0.280. The molecule has 0 N–H and O–H groups in total. The normalized spacial score (nSPS) is 14.7. The predicted octanol–water partition coefficient (Wildman–Crippen LogP) is 5.47. The molecule has 33 heavy (non-hydrogen) atoms. The maximum atomic E-state index is 12.4. The minimum absolute atomic E-state index is 0.251. The number of rotatable bonds is 5. The molecule has 0 spiro atoms. The molecule has 8 heteroatoms. The van der Waals surface area contributed by atoms with E-state index in [1.165, 1.54) is 28.3 Å². The summed E-state index contributed by atoms with van der Waals surface area (Å²) >= 11 is 0. The zero-order valence-electron chi connectivity index (χ0n) is 18.3. The van der Waals surface area contributed by atoms with Crippen LogP contribution in [0, 0.1) is 6.92 Å². The van der Waals surface area contributed by atoms with E-state index in [-0.39, 0.29) is 5.75 Å². The maximum absolute atomic E-state index is 12.4. The number of sulfonamides is 1. The van der Waals surface area contributed by atoms with Gasteiger partial charge in [0.15, 0.2) is 0 Å². The number of benzene rings is 3. The Morgan fingerprint density at radius 3 is 2.42 bits per heavy atom. The van der Waals surface area contributed by atoms with Gasteiger partial charge in [0.1, 0.15) is 5.75 Å². The number of aryl methyl sites for hydroxylation is 1. The second kappa shape index (κ2) is 8.83. The van der Waals surface area contributed by atoms with Crippen molar-refractivity contribution in [1.82, 2.24) is 4.31 Å². The number of fused-ring (bicyclic) bond motifs is 1. The molecule has 174 valence electrons. The van der Waals surface area contributed by atoms with Gasteiger partial charge in [-0.15, -0.1) is 13.2 Å². The third-order valence-electron chi connectivity index (χ3n) is 5.89. The highest BCUT2D eigenvalue weighted by atomic mass is 32.2. The van der Waals surface area contributed by atoms with Gasteiger partial charge in [-0.05, 0) is 70.8 Å². The van der Waals surface area contributed by atoms with Gasteiger partial charge in [-0.3, -0.25) is 0 Å². The van der Waals surface area contributed by atoms with Crippen molar-refractivity contribution < 1.29 is 26.3 Å². The maximum Gasteiger partial charge on any atom is 0.573 e. The van der Waals surface area contributed by atoms with Crippen molar-refractivity contribution in [2.24, 2.45) is 0 Å². The van der Waals surface area contributed by atoms with E-state index in [2.05, 4.69) is 16.9 Å². The Morgan fingerprint density at radius 1 is 1.03 bits per heavy atom. The van der Waals surface area contributed by atoms with Crippen LogP contribution in [0.4, 0.5) is 13.2 Å². The molecular formula is C25H24F3NO3S. The molecule has 0 aromatic heterocycles. The summed E-state index contributed by atoms with van der Waals surface area (Å²) in [5.41, 5.74) is 7.21. The molecule has 0 atom stereocenters. The minimum atomic E-state index is -4.72. The zero-order valence-corrected chi connectivity index (χ0v) is 19.1. The lowest BCUT2D eigenvalue weighted by atomic mass is 9.90. The molecule has 0 saturated carbocycles. The molecule has 0 radical (unpaired) electrons. The van der Waals surface area contributed by atoms with Gasteiger partial charge in [-0.25, -0.2) is 8.42 Å². The van der Waals surface area contributed by atoms with Gasteiger partial charge in [0.25, 0.3) is 0 Å². The van der Waals surface area contributed by atoms with E-state index in [0.717, 1.165) is 33.4 Å². The highest BCUT2D eigenvalue weighted by Gasteiger charge is 2.31. The lowest BCUT2D eigenvalue weighted by molar-refractivity contribution is -0.274. The second-order valence-electron chi connectivity index (χ2n) is 8.30. The number of halogens is 3. The molecule has 4 rings (SSSR count). The monoisotopic (exact) mass is 475 g/mol. The van der Waals surface area contributed by atoms with Crippen LogP contribution in [-0.2, 0) is 29.4 Å². The summed E-state index contributed by atoms with van der Waals surface area (Å²) in [5.74, 6) is -0.251. The van der Waals surface area contributed by atoms with Gasteiger partial charge >= 0.3 is 6.36 Å². The molecule has 0 amide bonds. The summed E-state index contributed by atoms with van der Waals surface area (Å²) in [4.78, 5) is 0. The zero-order chi connectivity index (χ0) is 23.8. The predicted molar refractivity (Wildman–Crippen MR) is 122 cm³/mol. The summed E-state index contributed by atoms with van der Waals surface area (Å²) in [5, 5.41) is 0. The van der Waals surface area contributed by atoms with Crippen LogP contribution in [-0.4, -0.2) is 31.9 Å². The van der Waals surface area contributed by atoms with E-state index < -0.39 is 16.4 Å². The first-order valence-corrected chi connectivity index (χ1v) is 12.3. The molecule has 3 aromatic carbocycles. The fourth-order valence-electron chi connectivity index (χ4n) is 4.26. The Labute approximate surface area is 191 Å². The summed E-state index contributed by atoms with van der Waals surface area (Å²) in [7, 11) is -3.23. The van der Waals surface area contributed by atoms with Crippen LogP contribution in [0.15, 0.2) is 60.7 Å². The van der Waals surface area contributed by atoms with Crippen molar-refractivity contribution in [3.63, 3.8) is 0 Å². The van der Waals surface area contributed by atoms with Gasteiger partial charge in [0, 0.05) is 13.1 Å². The quantitative estimate of drug-likeness (QED) is 0.492. The summed E-state index contributed by atoms with van der Waals surface area (Å²) in [6.45, 7) is 2.81. The molecule has 0 saturated heterocycles. The van der Waals surface area contributed by atoms with E-state index in [4.69, 9.17) is 0 Å². The van der Waals surface area contributed by atoms with Gasteiger partial charge in [0.2, 0.25) is 10.0 Å². The fourth-order valence-corrected chi connectivity index (χ4v) is 5.05. The first-order valence-electron chi connectivity index (χ1n) is 10.5. The molecule has 1 aliphatic heterocycles. The third-order valence-corrected chi connectivity index (χ3v) is 7.14. The lowest BCUT2D eigenvalue weighted by Crippen LogP contribution is -2.35. The van der Waals surface area contributed by atoms with Crippen molar-refractivity contribution in [3.05, 3.63) is 88.5 Å². The smallest absolute Gasteiger partial charge is 0.406 e. The average Bonchev–Trinajstić information content (AvgIpc) is 2.74. The Kier molecular flexibility index (Phi) is 6.24. The first-order chi connectivity index (χ1) is 15.5.